The molecule has 0 aromatic carbocycles. The lowest BCUT2D eigenvalue weighted by atomic mass is 10.3. The van der Waals surface area contributed by atoms with Gasteiger partial charge in [-0.2, -0.15) is 13.2 Å². The van der Waals surface area contributed by atoms with Crippen LogP contribution in [0.25, 0.3) is 0 Å². The lowest BCUT2D eigenvalue weighted by molar-refractivity contribution is -0.147. The molecule has 0 radical (unpaired) electrons. The lowest BCUT2D eigenvalue weighted by Crippen LogP contribution is -2.47. The molecule has 1 rings (SSSR count). The van der Waals surface area contributed by atoms with Crippen LogP contribution in [0.1, 0.15) is 13.3 Å². The van der Waals surface area contributed by atoms with E-state index in [2.05, 4.69) is 11.2 Å². The van der Waals surface area contributed by atoms with Gasteiger partial charge in [-0.25, -0.2) is 4.31 Å². The van der Waals surface area contributed by atoms with Crippen LogP contribution >= 0.6 is 11.9 Å². The van der Waals surface area contributed by atoms with E-state index in [-0.39, 0.29) is 0 Å². The van der Waals surface area contributed by atoms with Gasteiger partial charge in [0.05, 0.1) is 6.54 Å². The number of halogens is 3. The second kappa shape index (κ2) is 5.96. The highest BCUT2D eigenvalue weighted by molar-refractivity contribution is 7.97. The number of alkyl halides is 3. The summed E-state index contributed by atoms with van der Waals surface area (Å²) >= 11 is 1.74. The molecule has 0 spiro atoms. The maximum atomic E-state index is 12.1. The van der Waals surface area contributed by atoms with Crippen LogP contribution in [-0.2, 0) is 0 Å². The van der Waals surface area contributed by atoms with Crippen LogP contribution in [0.15, 0.2) is 0 Å². The summed E-state index contributed by atoms with van der Waals surface area (Å²) in [6, 6.07) is 0. The smallest absolute Gasteiger partial charge is 0.292 e. The fourth-order valence-electron chi connectivity index (χ4n) is 1.49. The maximum absolute atomic E-state index is 12.1. The van der Waals surface area contributed by atoms with Gasteiger partial charge in [-0.05, 0) is 6.42 Å². The molecule has 0 aromatic heterocycles. The van der Waals surface area contributed by atoms with Crippen LogP contribution in [0.2, 0.25) is 0 Å². The molecule has 6 heteroatoms. The third kappa shape index (κ3) is 5.63. The van der Waals surface area contributed by atoms with Gasteiger partial charge in [0.25, 0.3) is 0 Å². The van der Waals surface area contributed by atoms with Crippen molar-refractivity contribution in [3.05, 3.63) is 0 Å². The summed E-state index contributed by atoms with van der Waals surface area (Å²) in [6.45, 7) is 3.86. The van der Waals surface area contributed by atoms with Crippen molar-refractivity contribution in [1.29, 1.82) is 0 Å². The predicted octanol–water partition coefficient (Wildman–Crippen LogP) is 2.22. The minimum Gasteiger partial charge on any atom is -0.292 e. The summed E-state index contributed by atoms with van der Waals surface area (Å²) in [5.41, 5.74) is 0. The highest BCUT2D eigenvalue weighted by atomic mass is 32.2. The molecule has 0 atom stereocenters. The van der Waals surface area contributed by atoms with Crippen LogP contribution in [0.4, 0.5) is 13.2 Å². The predicted molar refractivity (Wildman–Crippen MR) is 56.8 cm³/mol. The van der Waals surface area contributed by atoms with Crippen LogP contribution < -0.4 is 0 Å². The zero-order valence-corrected chi connectivity index (χ0v) is 9.70. The number of rotatable bonds is 4. The summed E-state index contributed by atoms with van der Waals surface area (Å²) < 4.78 is 38.4. The Morgan fingerprint density at radius 3 is 2.20 bits per heavy atom. The first kappa shape index (κ1) is 13.1. The molecule has 1 saturated heterocycles. The molecule has 1 aliphatic rings. The molecule has 0 bridgehead atoms. The third-order valence-electron chi connectivity index (χ3n) is 2.21. The summed E-state index contributed by atoms with van der Waals surface area (Å²) in [7, 11) is 0. The van der Waals surface area contributed by atoms with E-state index in [0.717, 1.165) is 25.3 Å². The molecule has 0 aliphatic carbocycles. The maximum Gasteiger partial charge on any atom is 0.401 e. The molecule has 1 heterocycles. The monoisotopic (exact) mass is 242 g/mol. The zero-order valence-electron chi connectivity index (χ0n) is 8.89. The van der Waals surface area contributed by atoms with E-state index in [0.29, 0.717) is 13.1 Å². The molecule has 0 saturated carbocycles. The van der Waals surface area contributed by atoms with E-state index in [1.807, 2.05) is 0 Å². The Bertz CT molecular complexity index is 179. The molecule has 2 nitrogen and oxygen atoms in total. The van der Waals surface area contributed by atoms with Gasteiger partial charge in [-0.15, -0.1) is 0 Å². The normalized spacial score (nSPS) is 20.8. The van der Waals surface area contributed by atoms with Crippen LogP contribution in [0.3, 0.4) is 0 Å². The number of nitrogens with zero attached hydrogens (tertiary/aromatic N) is 2. The average Bonchev–Trinajstić information content (AvgIpc) is 2.14. The zero-order chi connectivity index (χ0) is 11.3. The van der Waals surface area contributed by atoms with Gasteiger partial charge in [0.2, 0.25) is 0 Å². The summed E-state index contributed by atoms with van der Waals surface area (Å²) in [6.07, 6.45) is -2.95. The van der Waals surface area contributed by atoms with Gasteiger partial charge in [0.15, 0.2) is 0 Å². The van der Waals surface area contributed by atoms with Gasteiger partial charge >= 0.3 is 6.18 Å². The van der Waals surface area contributed by atoms with Gasteiger partial charge < -0.3 is 0 Å². The first-order chi connectivity index (χ1) is 7.01. The Labute approximate surface area is 92.9 Å². The quantitative estimate of drug-likeness (QED) is 0.698. The van der Waals surface area contributed by atoms with Crippen LogP contribution in [-0.4, -0.2) is 53.9 Å². The molecule has 0 aromatic rings. The van der Waals surface area contributed by atoms with Crippen molar-refractivity contribution in [2.24, 2.45) is 0 Å². The Hall–Kier alpha value is 0.0600. The number of hydrogen-bond donors (Lipinski definition) is 0. The first-order valence-corrected chi connectivity index (χ1v) is 6.12. The molecule has 0 amide bonds. The highest BCUT2D eigenvalue weighted by Gasteiger charge is 2.32. The summed E-state index contributed by atoms with van der Waals surface area (Å²) in [5, 5.41) is 0. The second-order valence-corrected chi connectivity index (χ2v) is 4.84. The molecule has 15 heavy (non-hydrogen) atoms. The molecular weight excluding hydrogens is 225 g/mol. The molecule has 1 aliphatic heterocycles. The minimum atomic E-state index is -4.06. The SMILES string of the molecule is CCCSN1CCN(CC(F)(F)F)CC1. The molecule has 1 fully saturated rings. The number of piperazine rings is 1. The lowest BCUT2D eigenvalue weighted by Gasteiger charge is -2.34. The molecule has 90 valence electrons. The van der Waals surface area contributed by atoms with Crippen molar-refractivity contribution in [3.63, 3.8) is 0 Å². The highest BCUT2D eigenvalue weighted by Crippen LogP contribution is 2.19. The topological polar surface area (TPSA) is 6.48 Å². The fourth-order valence-corrected chi connectivity index (χ4v) is 2.35. The van der Waals surface area contributed by atoms with Crippen molar-refractivity contribution >= 4 is 11.9 Å². The van der Waals surface area contributed by atoms with Crippen molar-refractivity contribution in [1.82, 2.24) is 9.21 Å². The van der Waals surface area contributed by atoms with Crippen molar-refractivity contribution in [3.8, 4) is 0 Å². The van der Waals surface area contributed by atoms with E-state index in [9.17, 15) is 13.2 Å². The van der Waals surface area contributed by atoms with E-state index in [1.54, 1.807) is 11.9 Å². The van der Waals surface area contributed by atoms with E-state index < -0.39 is 12.7 Å². The van der Waals surface area contributed by atoms with Gasteiger partial charge in [-0.3, -0.25) is 4.90 Å². The van der Waals surface area contributed by atoms with E-state index in [4.69, 9.17) is 0 Å². The summed E-state index contributed by atoms with van der Waals surface area (Å²) in [4.78, 5) is 1.48. The second-order valence-electron chi connectivity index (χ2n) is 3.65. The van der Waals surface area contributed by atoms with Crippen LogP contribution in [0, 0.1) is 0 Å². The Morgan fingerprint density at radius 2 is 1.73 bits per heavy atom. The van der Waals surface area contributed by atoms with Crippen molar-refractivity contribution in [2.75, 3.05) is 38.5 Å². The Morgan fingerprint density at radius 1 is 1.13 bits per heavy atom. The molecule has 0 N–H and O–H groups in total. The summed E-state index contributed by atoms with van der Waals surface area (Å²) in [5.74, 6) is 1.05. The Balaban J connectivity index is 2.18. The third-order valence-corrected chi connectivity index (χ3v) is 3.53. The Kier molecular flexibility index (Phi) is 5.22. The van der Waals surface area contributed by atoms with Gasteiger partial charge in [0.1, 0.15) is 0 Å². The molecular formula is C9H17F3N2S. The minimum absolute atomic E-state index is 0.524. The van der Waals surface area contributed by atoms with Gasteiger partial charge in [0, 0.05) is 31.9 Å². The van der Waals surface area contributed by atoms with Crippen LogP contribution in [0.5, 0.6) is 0 Å². The largest absolute Gasteiger partial charge is 0.401 e. The fraction of sp³-hybridized carbons (Fsp3) is 1.00. The number of hydrogen-bond acceptors (Lipinski definition) is 3. The molecule has 0 unspecified atom stereocenters. The first-order valence-electron chi connectivity index (χ1n) is 5.18. The van der Waals surface area contributed by atoms with Gasteiger partial charge in [-0.1, -0.05) is 18.9 Å². The van der Waals surface area contributed by atoms with E-state index in [1.165, 1.54) is 4.90 Å². The standard InChI is InChI=1S/C9H17F3N2S/c1-2-7-15-14-5-3-13(4-6-14)8-9(10,11)12/h2-8H2,1H3. The van der Waals surface area contributed by atoms with Crippen molar-refractivity contribution in [2.45, 2.75) is 19.5 Å². The average molecular weight is 242 g/mol. The van der Waals surface area contributed by atoms with E-state index >= 15 is 0 Å². The van der Waals surface area contributed by atoms with Crippen molar-refractivity contribution < 1.29 is 13.2 Å².